The predicted molar refractivity (Wildman–Crippen MR) is 94.5 cm³/mol. The van der Waals surface area contributed by atoms with Gasteiger partial charge in [-0.25, -0.2) is 0 Å². The Kier molecular flexibility index (Phi) is 4.31. The van der Waals surface area contributed by atoms with E-state index in [1.807, 2.05) is 19.1 Å². The van der Waals surface area contributed by atoms with Crippen molar-refractivity contribution >= 4 is 17.4 Å². The highest BCUT2D eigenvalue weighted by atomic mass is 16.3. The summed E-state index contributed by atoms with van der Waals surface area (Å²) in [7, 11) is 0. The van der Waals surface area contributed by atoms with Gasteiger partial charge >= 0.3 is 0 Å². The van der Waals surface area contributed by atoms with Gasteiger partial charge in [-0.2, -0.15) is 0 Å². The van der Waals surface area contributed by atoms with Gasteiger partial charge in [-0.3, -0.25) is 14.5 Å². The van der Waals surface area contributed by atoms with E-state index in [1.165, 1.54) is 17.0 Å². The number of phenols is 1. The van der Waals surface area contributed by atoms with Crippen LogP contribution in [-0.4, -0.2) is 21.9 Å². The minimum atomic E-state index is -0.770. The third kappa shape index (κ3) is 2.78. The Hall–Kier alpha value is -3.08. The molecule has 1 aliphatic heterocycles. The zero-order valence-electron chi connectivity index (χ0n) is 14.1. The molecule has 5 heteroatoms. The van der Waals surface area contributed by atoms with Crippen molar-refractivity contribution in [3.8, 4) is 5.75 Å². The number of aliphatic hydroxyl groups excluding tert-OH is 1. The third-order valence-corrected chi connectivity index (χ3v) is 4.39. The Morgan fingerprint density at radius 2 is 1.84 bits per heavy atom. The Balaban J connectivity index is 2.23. The number of aromatic hydroxyl groups is 1. The molecule has 0 fully saturated rings. The molecular weight excluding hydrogens is 318 g/mol. The lowest BCUT2D eigenvalue weighted by Crippen LogP contribution is -2.31. The van der Waals surface area contributed by atoms with Crippen molar-refractivity contribution < 1.29 is 19.8 Å². The molecule has 128 valence electrons. The summed E-state index contributed by atoms with van der Waals surface area (Å²) in [5.41, 5.74) is 2.10. The number of Topliss-reactive ketones (excluding diaryl/α,β-unsaturated/α-hetero) is 1. The van der Waals surface area contributed by atoms with Crippen LogP contribution in [0.5, 0.6) is 5.75 Å². The number of carbonyl (C=O) groups excluding carboxylic acids is 2. The molecule has 0 bridgehead atoms. The van der Waals surface area contributed by atoms with Crippen LogP contribution in [0.2, 0.25) is 0 Å². The maximum Gasteiger partial charge on any atom is 0.294 e. The summed E-state index contributed by atoms with van der Waals surface area (Å²) >= 11 is 0. The molecule has 1 amide bonds. The largest absolute Gasteiger partial charge is 0.508 e. The molecule has 1 unspecified atom stereocenters. The van der Waals surface area contributed by atoms with Crippen LogP contribution in [-0.2, 0) is 9.59 Å². The minimum Gasteiger partial charge on any atom is -0.508 e. The number of para-hydroxylation sites is 1. The summed E-state index contributed by atoms with van der Waals surface area (Å²) < 4.78 is 0. The lowest BCUT2D eigenvalue weighted by molar-refractivity contribution is -0.118. The van der Waals surface area contributed by atoms with E-state index in [1.54, 1.807) is 31.2 Å². The van der Waals surface area contributed by atoms with Gasteiger partial charge in [-0.1, -0.05) is 37.3 Å². The number of carbonyl (C=O) groups is 2. The first kappa shape index (κ1) is 16.8. The van der Waals surface area contributed by atoms with Gasteiger partial charge in [0, 0.05) is 12.1 Å². The second kappa shape index (κ2) is 6.43. The predicted octanol–water partition coefficient (Wildman–Crippen LogP) is 3.58. The number of aliphatic hydroxyl groups is 1. The average Bonchev–Trinajstić information content (AvgIpc) is 2.86. The maximum absolute atomic E-state index is 12.8. The van der Waals surface area contributed by atoms with Crippen molar-refractivity contribution in [1.82, 2.24) is 0 Å². The fraction of sp³-hybridized carbons (Fsp3) is 0.200. The van der Waals surface area contributed by atoms with Gasteiger partial charge in [0.2, 0.25) is 0 Å². The molecule has 1 aliphatic rings. The molecule has 0 radical (unpaired) electrons. The SMILES string of the molecule is CCC(=O)C1=C(O)C(=O)N(c2ccccc2C)C1c1cccc(O)c1. The first-order valence-electron chi connectivity index (χ1n) is 8.10. The van der Waals surface area contributed by atoms with Gasteiger partial charge in [-0.05, 0) is 36.2 Å². The number of ketones is 1. The fourth-order valence-electron chi connectivity index (χ4n) is 3.17. The van der Waals surface area contributed by atoms with E-state index in [-0.39, 0.29) is 23.5 Å². The number of hydrogen-bond donors (Lipinski definition) is 2. The van der Waals surface area contributed by atoms with E-state index < -0.39 is 17.7 Å². The van der Waals surface area contributed by atoms with E-state index in [0.717, 1.165) is 5.56 Å². The number of phenolic OH excluding ortho intramolecular Hbond substituents is 1. The summed E-state index contributed by atoms with van der Waals surface area (Å²) in [5, 5.41) is 20.2. The molecule has 1 atom stereocenters. The number of anilines is 1. The van der Waals surface area contributed by atoms with Crippen LogP contribution in [0.25, 0.3) is 0 Å². The van der Waals surface area contributed by atoms with E-state index in [2.05, 4.69) is 0 Å². The average molecular weight is 337 g/mol. The number of nitrogens with zero attached hydrogens (tertiary/aromatic N) is 1. The van der Waals surface area contributed by atoms with Crippen LogP contribution in [0.1, 0.15) is 30.5 Å². The summed E-state index contributed by atoms with van der Waals surface area (Å²) in [6, 6.07) is 12.9. The molecule has 3 rings (SSSR count). The van der Waals surface area contributed by atoms with Crippen LogP contribution in [0, 0.1) is 6.92 Å². The highest BCUT2D eigenvalue weighted by molar-refractivity contribution is 6.16. The Labute approximate surface area is 145 Å². The van der Waals surface area contributed by atoms with Gasteiger partial charge < -0.3 is 10.2 Å². The van der Waals surface area contributed by atoms with Crippen molar-refractivity contribution in [1.29, 1.82) is 0 Å². The molecular formula is C20H19NO4. The van der Waals surface area contributed by atoms with Crippen molar-refractivity contribution in [3.63, 3.8) is 0 Å². The number of benzene rings is 2. The lowest BCUT2D eigenvalue weighted by atomic mass is 9.94. The Morgan fingerprint density at radius 3 is 2.48 bits per heavy atom. The van der Waals surface area contributed by atoms with Crippen LogP contribution >= 0.6 is 0 Å². The van der Waals surface area contributed by atoms with Gasteiger partial charge in [0.1, 0.15) is 5.75 Å². The Bertz CT molecular complexity index is 885. The van der Waals surface area contributed by atoms with E-state index in [9.17, 15) is 19.8 Å². The molecule has 1 heterocycles. The maximum atomic E-state index is 12.8. The van der Waals surface area contributed by atoms with Gasteiger partial charge in [0.05, 0.1) is 11.6 Å². The third-order valence-electron chi connectivity index (χ3n) is 4.39. The lowest BCUT2D eigenvalue weighted by Gasteiger charge is -2.28. The van der Waals surface area contributed by atoms with E-state index in [0.29, 0.717) is 11.3 Å². The molecule has 25 heavy (non-hydrogen) atoms. The molecule has 2 aromatic carbocycles. The molecule has 2 N–H and O–H groups in total. The highest BCUT2D eigenvalue weighted by Crippen LogP contribution is 2.42. The summed E-state index contributed by atoms with van der Waals surface area (Å²) in [6.07, 6.45) is 0.170. The Morgan fingerprint density at radius 1 is 1.12 bits per heavy atom. The smallest absolute Gasteiger partial charge is 0.294 e. The normalized spacial score (nSPS) is 17.3. The minimum absolute atomic E-state index is 0.0318. The first-order chi connectivity index (χ1) is 12.0. The van der Waals surface area contributed by atoms with Crippen molar-refractivity contribution in [2.24, 2.45) is 0 Å². The number of hydrogen-bond acceptors (Lipinski definition) is 4. The van der Waals surface area contributed by atoms with E-state index >= 15 is 0 Å². The molecule has 2 aromatic rings. The van der Waals surface area contributed by atoms with Crippen LogP contribution in [0.3, 0.4) is 0 Å². The second-order valence-corrected chi connectivity index (χ2v) is 6.00. The molecule has 5 nitrogen and oxygen atoms in total. The van der Waals surface area contributed by atoms with Crippen molar-refractivity contribution in [2.75, 3.05) is 4.90 Å². The summed E-state index contributed by atoms with van der Waals surface area (Å²) in [6.45, 7) is 3.54. The number of amides is 1. The van der Waals surface area contributed by atoms with Crippen LogP contribution < -0.4 is 4.90 Å². The monoisotopic (exact) mass is 337 g/mol. The van der Waals surface area contributed by atoms with Gasteiger partial charge in [0.15, 0.2) is 11.5 Å². The first-order valence-corrected chi connectivity index (χ1v) is 8.10. The van der Waals surface area contributed by atoms with Crippen molar-refractivity contribution in [2.45, 2.75) is 26.3 Å². The van der Waals surface area contributed by atoms with Gasteiger partial charge in [0.25, 0.3) is 5.91 Å². The molecule has 0 spiro atoms. The number of aryl methyl sites for hydroxylation is 1. The molecule has 0 aromatic heterocycles. The standard InChI is InChI=1S/C20H19NO4/c1-3-16(23)17-18(13-8-6-9-14(22)11-13)21(20(25)19(17)24)15-10-5-4-7-12(15)2/h4-11,18,22,24H,3H2,1-2H3. The van der Waals surface area contributed by atoms with Gasteiger partial charge in [-0.15, -0.1) is 0 Å². The molecule has 0 saturated carbocycles. The summed E-state index contributed by atoms with van der Waals surface area (Å²) in [4.78, 5) is 26.6. The topological polar surface area (TPSA) is 77.8 Å². The van der Waals surface area contributed by atoms with Crippen molar-refractivity contribution in [3.05, 3.63) is 71.0 Å². The molecule has 0 saturated heterocycles. The van der Waals surface area contributed by atoms with Crippen LogP contribution in [0.15, 0.2) is 59.9 Å². The highest BCUT2D eigenvalue weighted by Gasteiger charge is 2.44. The quantitative estimate of drug-likeness (QED) is 0.894. The molecule has 0 aliphatic carbocycles. The number of rotatable bonds is 4. The fourth-order valence-corrected chi connectivity index (χ4v) is 3.17. The van der Waals surface area contributed by atoms with E-state index in [4.69, 9.17) is 0 Å². The summed E-state index contributed by atoms with van der Waals surface area (Å²) in [5.74, 6) is -1.40. The zero-order chi connectivity index (χ0) is 18.1. The van der Waals surface area contributed by atoms with Crippen LogP contribution in [0.4, 0.5) is 5.69 Å². The second-order valence-electron chi connectivity index (χ2n) is 6.00. The zero-order valence-corrected chi connectivity index (χ0v) is 14.1.